The Bertz CT molecular complexity index is 627. The van der Waals surface area contributed by atoms with Gasteiger partial charge in [0.15, 0.2) is 0 Å². The van der Waals surface area contributed by atoms with Crippen LogP contribution < -0.4 is 10.5 Å². The number of benzene rings is 1. The Morgan fingerprint density at radius 3 is 2.89 bits per heavy atom. The SMILES string of the molecule is COc1ccc2c(c1)C(O)(c1cccnc1N)CC2. The number of aliphatic hydroxyl groups is 1. The number of anilines is 1. The highest BCUT2D eigenvalue weighted by molar-refractivity contribution is 5.54. The topological polar surface area (TPSA) is 68.4 Å². The molecule has 1 aromatic heterocycles. The van der Waals surface area contributed by atoms with E-state index >= 15 is 0 Å². The first-order valence-electron chi connectivity index (χ1n) is 6.26. The molecule has 0 radical (unpaired) electrons. The molecule has 1 aliphatic rings. The fourth-order valence-corrected chi connectivity index (χ4v) is 2.78. The number of fused-ring (bicyclic) bond motifs is 1. The van der Waals surface area contributed by atoms with Crippen LogP contribution in [0.1, 0.15) is 23.1 Å². The van der Waals surface area contributed by atoms with E-state index in [0.29, 0.717) is 17.8 Å². The highest BCUT2D eigenvalue weighted by Gasteiger charge is 2.40. The molecule has 0 aliphatic heterocycles. The van der Waals surface area contributed by atoms with Crippen molar-refractivity contribution in [3.8, 4) is 5.75 Å². The van der Waals surface area contributed by atoms with Gasteiger partial charge in [0.2, 0.25) is 0 Å². The van der Waals surface area contributed by atoms with Crippen LogP contribution >= 0.6 is 0 Å². The van der Waals surface area contributed by atoms with Crippen LogP contribution in [0.5, 0.6) is 5.75 Å². The van der Waals surface area contributed by atoms with Crippen molar-refractivity contribution in [1.82, 2.24) is 4.98 Å². The fraction of sp³-hybridized carbons (Fsp3) is 0.267. The third-order valence-electron chi connectivity index (χ3n) is 3.80. The van der Waals surface area contributed by atoms with E-state index in [4.69, 9.17) is 10.5 Å². The summed E-state index contributed by atoms with van der Waals surface area (Å²) in [5.74, 6) is 1.11. The van der Waals surface area contributed by atoms with Crippen LogP contribution in [0, 0.1) is 0 Å². The molecule has 1 unspecified atom stereocenters. The minimum Gasteiger partial charge on any atom is -0.497 e. The Labute approximate surface area is 111 Å². The summed E-state index contributed by atoms with van der Waals surface area (Å²) in [4.78, 5) is 4.07. The van der Waals surface area contributed by atoms with Crippen molar-refractivity contribution in [1.29, 1.82) is 0 Å². The molecular weight excluding hydrogens is 240 g/mol. The largest absolute Gasteiger partial charge is 0.497 e. The number of nitrogens with zero attached hydrogens (tertiary/aromatic N) is 1. The normalized spacial score (nSPS) is 21.2. The monoisotopic (exact) mass is 256 g/mol. The second-order valence-electron chi connectivity index (χ2n) is 4.82. The average molecular weight is 256 g/mol. The summed E-state index contributed by atoms with van der Waals surface area (Å²) >= 11 is 0. The van der Waals surface area contributed by atoms with E-state index in [1.807, 2.05) is 24.3 Å². The number of pyridine rings is 1. The van der Waals surface area contributed by atoms with Crippen LogP contribution in [0.25, 0.3) is 0 Å². The van der Waals surface area contributed by atoms with E-state index in [0.717, 1.165) is 23.3 Å². The molecule has 19 heavy (non-hydrogen) atoms. The standard InChI is InChI=1S/C15H16N2O2/c1-19-11-5-4-10-6-7-15(18,13(10)9-11)12-3-2-8-17-14(12)16/h2-5,8-9,18H,6-7H2,1H3,(H2,16,17). The lowest BCUT2D eigenvalue weighted by molar-refractivity contribution is 0.0832. The third kappa shape index (κ3) is 1.76. The van der Waals surface area contributed by atoms with Gasteiger partial charge in [-0.25, -0.2) is 4.98 Å². The van der Waals surface area contributed by atoms with Gasteiger partial charge >= 0.3 is 0 Å². The number of rotatable bonds is 2. The summed E-state index contributed by atoms with van der Waals surface area (Å²) in [6, 6.07) is 9.42. The third-order valence-corrected chi connectivity index (χ3v) is 3.80. The van der Waals surface area contributed by atoms with Gasteiger partial charge in [-0.3, -0.25) is 0 Å². The van der Waals surface area contributed by atoms with Gasteiger partial charge in [-0.15, -0.1) is 0 Å². The number of aryl methyl sites for hydroxylation is 1. The van der Waals surface area contributed by atoms with Crippen molar-refractivity contribution in [2.24, 2.45) is 0 Å². The molecule has 4 nitrogen and oxygen atoms in total. The maximum Gasteiger partial charge on any atom is 0.129 e. The molecule has 1 aliphatic carbocycles. The van der Waals surface area contributed by atoms with Gasteiger partial charge in [-0.05, 0) is 42.2 Å². The van der Waals surface area contributed by atoms with Gasteiger partial charge in [0.05, 0.1) is 7.11 Å². The average Bonchev–Trinajstić information content (AvgIpc) is 2.77. The molecule has 98 valence electrons. The van der Waals surface area contributed by atoms with Crippen LogP contribution in [-0.2, 0) is 12.0 Å². The van der Waals surface area contributed by atoms with E-state index in [1.54, 1.807) is 19.4 Å². The Kier molecular flexibility index (Phi) is 2.68. The molecule has 1 aromatic carbocycles. The molecule has 4 heteroatoms. The lowest BCUT2D eigenvalue weighted by Gasteiger charge is -2.25. The number of ether oxygens (including phenoxy) is 1. The Morgan fingerprint density at radius 1 is 1.32 bits per heavy atom. The van der Waals surface area contributed by atoms with Crippen molar-refractivity contribution in [3.05, 3.63) is 53.2 Å². The molecule has 3 N–H and O–H groups in total. The zero-order valence-electron chi connectivity index (χ0n) is 10.8. The number of aromatic nitrogens is 1. The number of hydrogen-bond acceptors (Lipinski definition) is 4. The summed E-state index contributed by atoms with van der Waals surface area (Å²) in [5, 5.41) is 11.0. The number of nitrogen functional groups attached to an aromatic ring is 1. The quantitative estimate of drug-likeness (QED) is 0.860. The lowest BCUT2D eigenvalue weighted by atomic mass is 9.88. The first-order valence-corrected chi connectivity index (χ1v) is 6.26. The predicted octanol–water partition coefficient (Wildman–Crippen LogP) is 1.85. The molecule has 1 heterocycles. The molecule has 3 rings (SSSR count). The van der Waals surface area contributed by atoms with Crippen molar-refractivity contribution < 1.29 is 9.84 Å². The number of hydrogen-bond donors (Lipinski definition) is 2. The molecule has 1 atom stereocenters. The zero-order chi connectivity index (χ0) is 13.5. The Morgan fingerprint density at radius 2 is 2.16 bits per heavy atom. The number of methoxy groups -OCH3 is 1. The van der Waals surface area contributed by atoms with Crippen LogP contribution in [0.4, 0.5) is 5.82 Å². The van der Waals surface area contributed by atoms with E-state index < -0.39 is 5.60 Å². The van der Waals surface area contributed by atoms with Crippen LogP contribution in [-0.4, -0.2) is 17.2 Å². The molecule has 0 spiro atoms. The molecule has 0 fully saturated rings. The molecule has 2 aromatic rings. The summed E-state index contributed by atoms with van der Waals surface area (Å²) in [7, 11) is 1.62. The molecule has 0 saturated carbocycles. The summed E-state index contributed by atoms with van der Waals surface area (Å²) < 4.78 is 5.24. The van der Waals surface area contributed by atoms with Gasteiger partial charge in [-0.2, -0.15) is 0 Å². The Balaban J connectivity index is 2.17. The highest BCUT2D eigenvalue weighted by atomic mass is 16.5. The minimum absolute atomic E-state index is 0.376. The molecular formula is C15H16N2O2. The van der Waals surface area contributed by atoms with E-state index in [9.17, 15) is 5.11 Å². The summed E-state index contributed by atoms with van der Waals surface area (Å²) in [6.07, 6.45) is 3.07. The maximum absolute atomic E-state index is 11.0. The second-order valence-corrected chi connectivity index (χ2v) is 4.82. The van der Waals surface area contributed by atoms with Crippen LogP contribution in [0.2, 0.25) is 0 Å². The van der Waals surface area contributed by atoms with E-state index in [1.165, 1.54) is 0 Å². The Hall–Kier alpha value is -2.07. The van der Waals surface area contributed by atoms with Crippen molar-refractivity contribution in [3.63, 3.8) is 0 Å². The van der Waals surface area contributed by atoms with Crippen molar-refractivity contribution in [2.45, 2.75) is 18.4 Å². The van der Waals surface area contributed by atoms with Gasteiger partial charge in [0.1, 0.15) is 17.2 Å². The minimum atomic E-state index is -1.07. The first kappa shape index (κ1) is 12.0. The fourth-order valence-electron chi connectivity index (χ4n) is 2.78. The second kappa shape index (κ2) is 4.24. The lowest BCUT2D eigenvalue weighted by Crippen LogP contribution is -2.25. The van der Waals surface area contributed by atoms with Crippen LogP contribution in [0.3, 0.4) is 0 Å². The summed E-state index contributed by atoms with van der Waals surface area (Å²) in [6.45, 7) is 0. The van der Waals surface area contributed by atoms with Gasteiger partial charge < -0.3 is 15.6 Å². The van der Waals surface area contributed by atoms with Crippen molar-refractivity contribution >= 4 is 5.82 Å². The first-order chi connectivity index (χ1) is 9.15. The number of nitrogens with two attached hydrogens (primary N) is 1. The van der Waals surface area contributed by atoms with Gasteiger partial charge in [0, 0.05) is 11.8 Å². The van der Waals surface area contributed by atoms with Crippen LogP contribution in [0.15, 0.2) is 36.5 Å². The summed E-state index contributed by atoms with van der Waals surface area (Å²) in [5.41, 5.74) is 7.51. The highest BCUT2D eigenvalue weighted by Crippen LogP contribution is 2.44. The van der Waals surface area contributed by atoms with Crippen molar-refractivity contribution in [2.75, 3.05) is 12.8 Å². The predicted molar refractivity (Wildman–Crippen MR) is 73.0 cm³/mol. The maximum atomic E-state index is 11.0. The molecule has 0 amide bonds. The van der Waals surface area contributed by atoms with Gasteiger partial charge in [-0.1, -0.05) is 12.1 Å². The molecule has 0 saturated heterocycles. The van der Waals surface area contributed by atoms with E-state index in [2.05, 4.69) is 4.98 Å². The van der Waals surface area contributed by atoms with E-state index in [-0.39, 0.29) is 0 Å². The van der Waals surface area contributed by atoms with Gasteiger partial charge in [0.25, 0.3) is 0 Å². The zero-order valence-corrected chi connectivity index (χ0v) is 10.8. The molecule has 0 bridgehead atoms. The smallest absolute Gasteiger partial charge is 0.129 e.